The summed E-state index contributed by atoms with van der Waals surface area (Å²) < 4.78 is 5.38. The van der Waals surface area contributed by atoms with Crippen molar-refractivity contribution in [3.63, 3.8) is 0 Å². The molecule has 98 valence electrons. The molecule has 2 fully saturated rings. The minimum Gasteiger partial charge on any atom is -0.408 e. The number of carbonyl (C=O) groups is 1. The van der Waals surface area contributed by atoms with Crippen LogP contribution in [0.5, 0.6) is 0 Å². The molecule has 0 spiro atoms. The number of hydrogen-bond donors (Lipinski definition) is 2. The van der Waals surface area contributed by atoms with E-state index < -0.39 is 0 Å². The van der Waals surface area contributed by atoms with Crippen LogP contribution in [-0.2, 0) is 4.79 Å². The van der Waals surface area contributed by atoms with Crippen molar-refractivity contribution in [2.75, 3.05) is 38.0 Å². The van der Waals surface area contributed by atoms with E-state index in [9.17, 15) is 4.79 Å². The van der Waals surface area contributed by atoms with Gasteiger partial charge in [-0.15, -0.1) is 5.10 Å². The van der Waals surface area contributed by atoms with Gasteiger partial charge < -0.3 is 9.73 Å². The fourth-order valence-electron chi connectivity index (χ4n) is 2.01. The van der Waals surface area contributed by atoms with Gasteiger partial charge in [0.1, 0.15) is 0 Å². The first-order chi connectivity index (χ1) is 8.81. The van der Waals surface area contributed by atoms with Gasteiger partial charge in [-0.3, -0.25) is 15.0 Å². The highest BCUT2D eigenvalue weighted by Gasteiger charge is 2.29. The van der Waals surface area contributed by atoms with Crippen LogP contribution in [0.3, 0.4) is 0 Å². The summed E-state index contributed by atoms with van der Waals surface area (Å²) in [6, 6.07) is 0.219. The quantitative estimate of drug-likeness (QED) is 0.770. The molecule has 1 saturated carbocycles. The Kier molecular flexibility index (Phi) is 3.24. The van der Waals surface area contributed by atoms with Crippen LogP contribution >= 0.6 is 0 Å². The molecule has 7 nitrogen and oxygen atoms in total. The van der Waals surface area contributed by atoms with Gasteiger partial charge in [-0.05, 0) is 12.8 Å². The van der Waals surface area contributed by atoms with Gasteiger partial charge in [0.25, 0.3) is 0 Å². The van der Waals surface area contributed by atoms with Gasteiger partial charge in [0.2, 0.25) is 11.8 Å². The Hall–Kier alpha value is -1.47. The number of piperazine rings is 1. The minimum atomic E-state index is -0.0945. The summed E-state index contributed by atoms with van der Waals surface area (Å²) in [5.41, 5.74) is 0. The summed E-state index contributed by atoms with van der Waals surface area (Å²) in [5, 5.41) is 13.7. The lowest BCUT2D eigenvalue weighted by Crippen LogP contribution is -2.46. The molecule has 2 aliphatic rings. The maximum atomic E-state index is 11.8. The number of anilines is 1. The molecule has 0 bridgehead atoms. The van der Waals surface area contributed by atoms with Crippen molar-refractivity contribution in [2.45, 2.75) is 18.8 Å². The average Bonchev–Trinajstić information content (AvgIpc) is 3.12. The normalized spacial score (nSPS) is 20.9. The SMILES string of the molecule is O=C(CN1CCNCC1)Nc1nnc(C2CC2)o1. The Balaban J connectivity index is 1.49. The lowest BCUT2D eigenvalue weighted by atomic mass is 10.3. The first-order valence-electron chi connectivity index (χ1n) is 6.37. The van der Waals surface area contributed by atoms with Crippen molar-refractivity contribution in [3.05, 3.63) is 5.89 Å². The molecule has 0 atom stereocenters. The molecule has 1 aliphatic heterocycles. The number of carbonyl (C=O) groups excluding carboxylic acids is 1. The largest absolute Gasteiger partial charge is 0.408 e. The molecule has 0 unspecified atom stereocenters. The van der Waals surface area contributed by atoms with E-state index in [1.165, 1.54) is 0 Å². The van der Waals surface area contributed by atoms with Crippen molar-refractivity contribution in [2.24, 2.45) is 0 Å². The Morgan fingerprint density at radius 2 is 2.17 bits per heavy atom. The maximum Gasteiger partial charge on any atom is 0.322 e. The van der Waals surface area contributed by atoms with Crippen molar-refractivity contribution in [1.29, 1.82) is 0 Å². The highest BCUT2D eigenvalue weighted by atomic mass is 16.4. The van der Waals surface area contributed by atoms with Crippen LogP contribution in [0.15, 0.2) is 4.42 Å². The Morgan fingerprint density at radius 1 is 1.39 bits per heavy atom. The van der Waals surface area contributed by atoms with Crippen molar-refractivity contribution < 1.29 is 9.21 Å². The van der Waals surface area contributed by atoms with Crippen molar-refractivity contribution >= 4 is 11.9 Å². The Morgan fingerprint density at radius 3 is 2.89 bits per heavy atom. The molecule has 3 rings (SSSR count). The van der Waals surface area contributed by atoms with E-state index in [1.807, 2.05) is 0 Å². The van der Waals surface area contributed by atoms with Gasteiger partial charge >= 0.3 is 6.01 Å². The number of nitrogens with zero attached hydrogens (tertiary/aromatic N) is 3. The smallest absolute Gasteiger partial charge is 0.322 e. The molecule has 2 heterocycles. The summed E-state index contributed by atoms with van der Waals surface area (Å²) in [4.78, 5) is 13.9. The van der Waals surface area contributed by atoms with Crippen LogP contribution in [0, 0.1) is 0 Å². The second kappa shape index (κ2) is 5.03. The first kappa shape index (κ1) is 11.6. The highest BCUT2D eigenvalue weighted by molar-refractivity contribution is 5.90. The zero-order valence-electron chi connectivity index (χ0n) is 10.2. The third-order valence-electron chi connectivity index (χ3n) is 3.19. The zero-order chi connectivity index (χ0) is 12.4. The van der Waals surface area contributed by atoms with Crippen LogP contribution in [0.25, 0.3) is 0 Å². The van der Waals surface area contributed by atoms with Gasteiger partial charge in [0.15, 0.2) is 0 Å². The van der Waals surface area contributed by atoms with Crippen molar-refractivity contribution in [3.8, 4) is 0 Å². The highest BCUT2D eigenvalue weighted by Crippen LogP contribution is 2.39. The van der Waals surface area contributed by atoms with E-state index in [2.05, 4.69) is 25.7 Å². The molecule has 1 aliphatic carbocycles. The molecule has 1 aromatic rings. The molecule has 7 heteroatoms. The predicted molar refractivity (Wildman–Crippen MR) is 64.2 cm³/mol. The fourth-order valence-corrected chi connectivity index (χ4v) is 2.01. The second-order valence-corrected chi connectivity index (χ2v) is 4.79. The summed E-state index contributed by atoms with van der Waals surface area (Å²) in [5.74, 6) is 0.965. The topological polar surface area (TPSA) is 83.3 Å². The summed E-state index contributed by atoms with van der Waals surface area (Å²) in [6.07, 6.45) is 2.21. The lowest BCUT2D eigenvalue weighted by Gasteiger charge is -2.26. The molecular weight excluding hydrogens is 234 g/mol. The number of hydrogen-bond acceptors (Lipinski definition) is 6. The van der Waals surface area contributed by atoms with Crippen LogP contribution in [0.1, 0.15) is 24.7 Å². The van der Waals surface area contributed by atoms with Crippen LogP contribution < -0.4 is 10.6 Å². The average molecular weight is 251 g/mol. The van der Waals surface area contributed by atoms with Crippen LogP contribution in [0.4, 0.5) is 6.01 Å². The fraction of sp³-hybridized carbons (Fsp3) is 0.727. The van der Waals surface area contributed by atoms with E-state index in [-0.39, 0.29) is 11.9 Å². The minimum absolute atomic E-state index is 0.0945. The number of nitrogens with one attached hydrogen (secondary N) is 2. The van der Waals surface area contributed by atoms with E-state index in [1.54, 1.807) is 0 Å². The molecular formula is C11H17N5O2. The van der Waals surface area contributed by atoms with Gasteiger partial charge in [0, 0.05) is 32.1 Å². The number of amides is 1. The second-order valence-electron chi connectivity index (χ2n) is 4.79. The van der Waals surface area contributed by atoms with Crippen LogP contribution in [-0.4, -0.2) is 53.7 Å². The third-order valence-corrected chi connectivity index (χ3v) is 3.19. The number of aromatic nitrogens is 2. The standard InChI is InChI=1S/C11H17N5O2/c17-9(7-16-5-3-12-4-6-16)13-11-15-14-10(18-11)8-1-2-8/h8,12H,1-7H2,(H,13,15,17). The molecule has 0 radical (unpaired) electrons. The van der Waals surface area contributed by atoms with Crippen LogP contribution in [0.2, 0.25) is 0 Å². The van der Waals surface area contributed by atoms with Gasteiger partial charge in [-0.1, -0.05) is 5.10 Å². The maximum absolute atomic E-state index is 11.8. The Bertz CT molecular complexity index is 423. The monoisotopic (exact) mass is 251 g/mol. The summed E-state index contributed by atoms with van der Waals surface area (Å²) in [6.45, 7) is 4.03. The number of rotatable bonds is 4. The first-order valence-corrected chi connectivity index (χ1v) is 6.37. The molecule has 1 aromatic heterocycles. The van der Waals surface area contributed by atoms with E-state index in [0.29, 0.717) is 18.4 Å². The lowest BCUT2D eigenvalue weighted by molar-refractivity contribution is -0.117. The summed E-state index contributed by atoms with van der Waals surface area (Å²) >= 11 is 0. The van der Waals surface area contributed by atoms with Gasteiger partial charge in [0.05, 0.1) is 6.54 Å². The predicted octanol–water partition coefficient (Wildman–Crippen LogP) is -0.209. The Labute approximate surface area is 105 Å². The molecule has 1 saturated heterocycles. The summed E-state index contributed by atoms with van der Waals surface area (Å²) in [7, 11) is 0. The van der Waals surface area contributed by atoms with E-state index in [4.69, 9.17) is 4.42 Å². The molecule has 2 N–H and O–H groups in total. The molecule has 1 amide bonds. The molecule has 0 aromatic carbocycles. The van der Waals surface area contributed by atoms with Gasteiger partial charge in [-0.25, -0.2) is 0 Å². The zero-order valence-corrected chi connectivity index (χ0v) is 10.2. The third kappa shape index (κ3) is 2.85. The van der Waals surface area contributed by atoms with E-state index in [0.717, 1.165) is 39.0 Å². The van der Waals surface area contributed by atoms with E-state index >= 15 is 0 Å². The van der Waals surface area contributed by atoms with Crippen molar-refractivity contribution in [1.82, 2.24) is 20.4 Å². The molecule has 18 heavy (non-hydrogen) atoms. The van der Waals surface area contributed by atoms with Gasteiger partial charge in [-0.2, -0.15) is 0 Å².